The fraction of sp³-hybridized carbons (Fsp3) is 0.150. The van der Waals surface area contributed by atoms with Crippen LogP contribution in [0.5, 0.6) is 0 Å². The van der Waals surface area contributed by atoms with E-state index in [0.717, 1.165) is 22.1 Å². The number of hydrogen-bond donors (Lipinski definition) is 2. The Morgan fingerprint density at radius 2 is 2.10 bits per heavy atom. The molecule has 4 aromatic rings. The maximum atomic E-state index is 14.0. The number of carboxylic acid groups (broad SMARTS) is 1. The molecule has 0 saturated heterocycles. The molecular formula is C20H15Cl2FN4O2. The number of rotatable bonds is 5. The minimum Gasteiger partial charge on any atom is -0.480 e. The predicted octanol–water partition coefficient (Wildman–Crippen LogP) is 5.11. The average molecular weight is 433 g/mol. The number of aliphatic carboxylic acids is 1. The largest absolute Gasteiger partial charge is 0.480 e. The molecule has 1 aromatic carbocycles. The molecule has 148 valence electrons. The number of nitrogens with zero attached hydrogens (tertiary/aromatic N) is 3. The Labute approximate surface area is 174 Å². The molecular weight excluding hydrogens is 418 g/mol. The van der Waals surface area contributed by atoms with E-state index in [2.05, 4.69) is 15.1 Å². The molecule has 1 atom stereocenters. The quantitative estimate of drug-likeness (QED) is 0.429. The predicted molar refractivity (Wildman–Crippen MR) is 109 cm³/mol. The Morgan fingerprint density at radius 3 is 2.86 bits per heavy atom. The lowest BCUT2D eigenvalue weighted by atomic mass is 9.92. The Kier molecular flexibility index (Phi) is 5.02. The van der Waals surface area contributed by atoms with E-state index in [0.29, 0.717) is 16.2 Å². The van der Waals surface area contributed by atoms with Crippen molar-refractivity contribution in [3.63, 3.8) is 0 Å². The fourth-order valence-corrected chi connectivity index (χ4v) is 4.07. The normalized spacial score (nSPS) is 12.4. The van der Waals surface area contributed by atoms with Crippen molar-refractivity contribution in [2.75, 3.05) is 0 Å². The minimum absolute atomic E-state index is 0.00147. The van der Waals surface area contributed by atoms with Gasteiger partial charge in [0, 0.05) is 46.0 Å². The molecule has 3 heterocycles. The van der Waals surface area contributed by atoms with Gasteiger partial charge in [0.1, 0.15) is 18.0 Å². The smallest absolute Gasteiger partial charge is 0.325 e. The summed E-state index contributed by atoms with van der Waals surface area (Å²) in [6, 6.07) is 4.66. The van der Waals surface area contributed by atoms with E-state index in [1.165, 1.54) is 16.8 Å². The highest BCUT2D eigenvalue weighted by molar-refractivity contribution is 6.36. The Balaban J connectivity index is 1.77. The van der Waals surface area contributed by atoms with Gasteiger partial charge < -0.3 is 10.1 Å². The van der Waals surface area contributed by atoms with Gasteiger partial charge >= 0.3 is 5.97 Å². The molecule has 1 unspecified atom stereocenters. The van der Waals surface area contributed by atoms with Crippen LogP contribution in [0.1, 0.15) is 24.0 Å². The number of carboxylic acids is 1. The number of benzene rings is 1. The molecule has 9 heteroatoms. The Hall–Kier alpha value is -2.90. The monoisotopic (exact) mass is 432 g/mol. The van der Waals surface area contributed by atoms with Gasteiger partial charge in [-0.3, -0.25) is 9.48 Å². The number of H-pyrrole nitrogens is 1. The second-order valence-electron chi connectivity index (χ2n) is 6.66. The summed E-state index contributed by atoms with van der Waals surface area (Å²) in [6.45, 7) is 1.67. The first-order valence-corrected chi connectivity index (χ1v) is 9.45. The average Bonchev–Trinajstić information content (AvgIpc) is 3.30. The first kappa shape index (κ1) is 19.4. The number of pyridine rings is 1. The van der Waals surface area contributed by atoms with Gasteiger partial charge in [0.25, 0.3) is 0 Å². The summed E-state index contributed by atoms with van der Waals surface area (Å²) in [6.07, 6.45) is 6.71. The van der Waals surface area contributed by atoms with Crippen molar-refractivity contribution in [3.8, 4) is 11.1 Å². The number of hydrogen-bond acceptors (Lipinski definition) is 3. The van der Waals surface area contributed by atoms with E-state index in [9.17, 15) is 9.18 Å². The molecule has 3 aromatic heterocycles. The highest BCUT2D eigenvalue weighted by atomic mass is 35.5. The second kappa shape index (κ2) is 7.50. The molecule has 0 aliphatic heterocycles. The molecule has 0 spiro atoms. The van der Waals surface area contributed by atoms with Crippen LogP contribution in [0.25, 0.3) is 22.2 Å². The van der Waals surface area contributed by atoms with Gasteiger partial charge in [-0.1, -0.05) is 30.1 Å². The van der Waals surface area contributed by atoms with Crippen LogP contribution in [-0.2, 0) is 11.3 Å². The van der Waals surface area contributed by atoms with Crippen LogP contribution >= 0.6 is 23.2 Å². The lowest BCUT2D eigenvalue weighted by molar-refractivity contribution is -0.137. The molecule has 0 radical (unpaired) electrons. The molecule has 0 bridgehead atoms. The molecule has 6 nitrogen and oxygen atoms in total. The van der Waals surface area contributed by atoms with E-state index in [1.54, 1.807) is 24.8 Å². The van der Waals surface area contributed by atoms with Crippen LogP contribution in [0.3, 0.4) is 0 Å². The summed E-state index contributed by atoms with van der Waals surface area (Å²) in [5, 5.41) is 14.2. The number of carbonyl (C=O) groups is 1. The fourth-order valence-electron chi connectivity index (χ4n) is 3.37. The Bertz CT molecular complexity index is 1230. The van der Waals surface area contributed by atoms with E-state index < -0.39 is 11.8 Å². The van der Waals surface area contributed by atoms with Crippen molar-refractivity contribution in [2.45, 2.75) is 19.4 Å². The Morgan fingerprint density at radius 1 is 1.31 bits per heavy atom. The SMILES string of the molecule is CC(c1c(Cl)ccc(F)c1Cl)c1c[nH]c2ncc(-c3cnn(CC(=O)O)c3)cc12. The summed E-state index contributed by atoms with van der Waals surface area (Å²) in [7, 11) is 0. The highest BCUT2D eigenvalue weighted by Crippen LogP contribution is 2.39. The summed E-state index contributed by atoms with van der Waals surface area (Å²) < 4.78 is 15.3. The third-order valence-corrected chi connectivity index (χ3v) is 5.52. The number of nitrogens with one attached hydrogen (secondary N) is 1. The third-order valence-electron chi connectivity index (χ3n) is 4.81. The van der Waals surface area contributed by atoms with Crippen molar-refractivity contribution in [1.82, 2.24) is 19.7 Å². The van der Waals surface area contributed by atoms with Gasteiger partial charge in [0.15, 0.2) is 0 Å². The van der Waals surface area contributed by atoms with Crippen LogP contribution in [0, 0.1) is 5.82 Å². The van der Waals surface area contributed by atoms with Gasteiger partial charge in [-0.15, -0.1) is 0 Å². The standard InChI is InChI=1S/C20H15Cl2FN4O2/c1-10(18-15(21)2-3-16(23)19(18)22)14-7-25-20-13(14)4-11(5-24-20)12-6-26-27(8-12)9-17(28)29/h2-8,10H,9H2,1H3,(H,24,25)(H,28,29). The zero-order chi connectivity index (χ0) is 20.7. The van der Waals surface area contributed by atoms with E-state index in [-0.39, 0.29) is 17.5 Å². The van der Waals surface area contributed by atoms with Crippen molar-refractivity contribution in [3.05, 3.63) is 70.0 Å². The molecule has 0 saturated carbocycles. The van der Waals surface area contributed by atoms with Crippen LogP contribution in [0.15, 0.2) is 43.0 Å². The summed E-state index contributed by atoms with van der Waals surface area (Å²) >= 11 is 12.5. The van der Waals surface area contributed by atoms with Crippen LogP contribution in [0.4, 0.5) is 4.39 Å². The molecule has 4 rings (SSSR count). The highest BCUT2D eigenvalue weighted by Gasteiger charge is 2.22. The first-order valence-electron chi connectivity index (χ1n) is 8.70. The third kappa shape index (κ3) is 3.59. The van der Waals surface area contributed by atoms with Crippen LogP contribution < -0.4 is 0 Å². The molecule has 0 fully saturated rings. The molecule has 0 aliphatic carbocycles. The zero-order valence-electron chi connectivity index (χ0n) is 15.2. The second-order valence-corrected chi connectivity index (χ2v) is 7.45. The molecule has 29 heavy (non-hydrogen) atoms. The molecule has 0 amide bonds. The van der Waals surface area contributed by atoms with E-state index in [4.69, 9.17) is 28.3 Å². The van der Waals surface area contributed by atoms with E-state index >= 15 is 0 Å². The van der Waals surface area contributed by atoms with Gasteiger partial charge in [-0.05, 0) is 29.3 Å². The topological polar surface area (TPSA) is 83.8 Å². The summed E-state index contributed by atoms with van der Waals surface area (Å²) in [5.74, 6) is -1.78. The summed E-state index contributed by atoms with van der Waals surface area (Å²) in [5.41, 5.74) is 3.55. The maximum absolute atomic E-state index is 14.0. The van der Waals surface area contributed by atoms with Crippen molar-refractivity contribution >= 4 is 40.2 Å². The zero-order valence-corrected chi connectivity index (χ0v) is 16.7. The summed E-state index contributed by atoms with van der Waals surface area (Å²) in [4.78, 5) is 18.4. The van der Waals surface area contributed by atoms with Crippen molar-refractivity contribution in [2.24, 2.45) is 0 Å². The van der Waals surface area contributed by atoms with Gasteiger partial charge in [-0.2, -0.15) is 5.10 Å². The minimum atomic E-state index is -0.973. The molecule has 0 aliphatic rings. The lowest BCUT2D eigenvalue weighted by Gasteiger charge is -2.15. The lowest BCUT2D eigenvalue weighted by Crippen LogP contribution is -2.08. The van der Waals surface area contributed by atoms with Gasteiger partial charge in [0.05, 0.1) is 11.2 Å². The van der Waals surface area contributed by atoms with Gasteiger partial charge in [-0.25, -0.2) is 9.37 Å². The molecule has 2 N–H and O–H groups in total. The van der Waals surface area contributed by atoms with Crippen molar-refractivity contribution < 1.29 is 14.3 Å². The first-order chi connectivity index (χ1) is 13.8. The number of halogens is 3. The number of aromatic amines is 1. The van der Waals surface area contributed by atoms with Crippen LogP contribution in [0.2, 0.25) is 10.0 Å². The van der Waals surface area contributed by atoms with Crippen LogP contribution in [-0.4, -0.2) is 30.8 Å². The number of fused-ring (bicyclic) bond motifs is 1. The van der Waals surface area contributed by atoms with Gasteiger partial charge in [0.2, 0.25) is 0 Å². The van der Waals surface area contributed by atoms with Crippen molar-refractivity contribution in [1.29, 1.82) is 0 Å². The number of aromatic nitrogens is 4. The van der Waals surface area contributed by atoms with E-state index in [1.807, 2.05) is 13.0 Å². The maximum Gasteiger partial charge on any atom is 0.325 e.